The number of rotatable bonds is 7. The summed E-state index contributed by atoms with van der Waals surface area (Å²) in [7, 11) is 0. The summed E-state index contributed by atoms with van der Waals surface area (Å²) in [5.74, 6) is -1.50. The monoisotopic (exact) mass is 284 g/mol. The Hall–Kier alpha value is -1.56. The summed E-state index contributed by atoms with van der Waals surface area (Å²) < 4.78 is 0. The van der Waals surface area contributed by atoms with Gasteiger partial charge in [0.05, 0.1) is 12.0 Å². The highest BCUT2D eigenvalue weighted by Gasteiger charge is 2.16. The molecule has 0 saturated heterocycles. The highest BCUT2D eigenvalue weighted by molar-refractivity contribution is 7.10. The van der Waals surface area contributed by atoms with Gasteiger partial charge in [-0.25, -0.2) is 4.79 Å². The van der Waals surface area contributed by atoms with Gasteiger partial charge in [0.25, 0.3) is 0 Å². The number of carbonyl (C=O) groups excluding carboxylic acids is 1. The van der Waals surface area contributed by atoms with Crippen molar-refractivity contribution in [1.29, 1.82) is 0 Å². The Morgan fingerprint density at radius 2 is 2.21 bits per heavy atom. The second-order valence-electron chi connectivity index (χ2n) is 4.45. The molecule has 0 saturated carbocycles. The van der Waals surface area contributed by atoms with Gasteiger partial charge >= 0.3 is 12.0 Å². The molecule has 1 rings (SSSR count). The van der Waals surface area contributed by atoms with Crippen molar-refractivity contribution in [3.8, 4) is 0 Å². The Balaban J connectivity index is 2.46. The lowest BCUT2D eigenvalue weighted by molar-refractivity contribution is -0.140. The van der Waals surface area contributed by atoms with Gasteiger partial charge in [-0.05, 0) is 17.9 Å². The number of carboxylic acid groups (broad SMARTS) is 1. The first kappa shape index (κ1) is 15.5. The largest absolute Gasteiger partial charge is 0.481 e. The SMILES string of the molecule is CCCC(NC(=O)NCC(C)C(=O)O)c1cccs1. The number of nitrogens with one attached hydrogen (secondary N) is 2. The molecule has 1 heterocycles. The number of thiophene rings is 1. The highest BCUT2D eigenvalue weighted by atomic mass is 32.1. The van der Waals surface area contributed by atoms with E-state index in [1.165, 1.54) is 0 Å². The Bertz CT molecular complexity index is 406. The minimum atomic E-state index is -0.913. The lowest BCUT2D eigenvalue weighted by Crippen LogP contribution is -2.40. The van der Waals surface area contributed by atoms with Crippen LogP contribution >= 0.6 is 11.3 Å². The van der Waals surface area contributed by atoms with Gasteiger partial charge in [0.15, 0.2) is 0 Å². The lowest BCUT2D eigenvalue weighted by Gasteiger charge is -2.17. The van der Waals surface area contributed by atoms with E-state index in [-0.39, 0.29) is 18.6 Å². The summed E-state index contributed by atoms with van der Waals surface area (Å²) in [6.45, 7) is 3.75. The van der Waals surface area contributed by atoms with Crippen LogP contribution < -0.4 is 10.6 Å². The Labute approximate surface area is 117 Å². The topological polar surface area (TPSA) is 78.4 Å². The molecule has 5 nitrogen and oxygen atoms in total. The van der Waals surface area contributed by atoms with Crippen molar-refractivity contribution in [2.24, 2.45) is 5.92 Å². The molecule has 0 spiro atoms. The van der Waals surface area contributed by atoms with Crippen LogP contribution in [0, 0.1) is 5.92 Å². The fraction of sp³-hybridized carbons (Fsp3) is 0.538. The van der Waals surface area contributed by atoms with E-state index >= 15 is 0 Å². The van der Waals surface area contributed by atoms with E-state index in [2.05, 4.69) is 17.6 Å². The molecular weight excluding hydrogens is 264 g/mol. The van der Waals surface area contributed by atoms with Crippen LogP contribution in [0.15, 0.2) is 17.5 Å². The fourth-order valence-electron chi connectivity index (χ4n) is 1.61. The second kappa shape index (κ2) is 7.78. The van der Waals surface area contributed by atoms with Gasteiger partial charge in [-0.3, -0.25) is 4.79 Å². The van der Waals surface area contributed by atoms with Crippen LogP contribution in [0.25, 0.3) is 0 Å². The lowest BCUT2D eigenvalue weighted by atomic mass is 10.1. The van der Waals surface area contributed by atoms with Gasteiger partial charge in [0, 0.05) is 11.4 Å². The van der Waals surface area contributed by atoms with E-state index < -0.39 is 11.9 Å². The Kier molecular flexibility index (Phi) is 6.35. The minimum absolute atomic E-state index is 0.00914. The molecule has 0 aliphatic carbocycles. The molecule has 0 bridgehead atoms. The molecule has 3 N–H and O–H groups in total. The molecule has 0 aromatic carbocycles. The maximum atomic E-state index is 11.7. The number of carboxylic acids is 1. The zero-order valence-corrected chi connectivity index (χ0v) is 12.0. The summed E-state index contributed by atoms with van der Waals surface area (Å²) in [4.78, 5) is 23.5. The average molecular weight is 284 g/mol. The molecule has 0 aliphatic heterocycles. The number of hydrogen-bond acceptors (Lipinski definition) is 3. The summed E-state index contributed by atoms with van der Waals surface area (Å²) >= 11 is 1.61. The fourth-order valence-corrected chi connectivity index (χ4v) is 2.42. The molecule has 2 amide bonds. The van der Waals surface area contributed by atoms with E-state index in [9.17, 15) is 9.59 Å². The van der Waals surface area contributed by atoms with Gasteiger partial charge < -0.3 is 15.7 Å². The van der Waals surface area contributed by atoms with E-state index in [1.807, 2.05) is 17.5 Å². The third-order valence-corrected chi connectivity index (χ3v) is 3.75. The quantitative estimate of drug-likeness (QED) is 0.720. The normalized spacial score (nSPS) is 13.6. The van der Waals surface area contributed by atoms with Crippen molar-refractivity contribution >= 4 is 23.3 Å². The van der Waals surface area contributed by atoms with Crippen molar-refractivity contribution in [2.45, 2.75) is 32.7 Å². The maximum absolute atomic E-state index is 11.7. The molecule has 0 radical (unpaired) electrons. The third kappa shape index (κ3) is 5.30. The molecule has 6 heteroatoms. The second-order valence-corrected chi connectivity index (χ2v) is 5.43. The summed E-state index contributed by atoms with van der Waals surface area (Å²) in [5.41, 5.74) is 0. The number of carbonyl (C=O) groups is 2. The van der Waals surface area contributed by atoms with Crippen molar-refractivity contribution in [3.05, 3.63) is 22.4 Å². The van der Waals surface area contributed by atoms with E-state index in [4.69, 9.17) is 5.11 Å². The van der Waals surface area contributed by atoms with E-state index in [1.54, 1.807) is 18.3 Å². The van der Waals surface area contributed by atoms with Gasteiger partial charge in [0.1, 0.15) is 0 Å². The van der Waals surface area contributed by atoms with Crippen LogP contribution in [0.1, 0.15) is 37.6 Å². The number of aliphatic carboxylic acids is 1. The molecule has 1 aromatic heterocycles. The summed E-state index contributed by atoms with van der Waals surface area (Å²) in [6, 6.07) is 3.62. The van der Waals surface area contributed by atoms with Gasteiger partial charge in [-0.15, -0.1) is 11.3 Å². The van der Waals surface area contributed by atoms with Gasteiger partial charge in [-0.2, -0.15) is 0 Å². The zero-order chi connectivity index (χ0) is 14.3. The van der Waals surface area contributed by atoms with Crippen LogP contribution in [-0.4, -0.2) is 23.7 Å². The summed E-state index contributed by atoms with van der Waals surface area (Å²) in [5, 5.41) is 16.2. The van der Waals surface area contributed by atoms with Crippen LogP contribution in [0.3, 0.4) is 0 Å². The number of hydrogen-bond donors (Lipinski definition) is 3. The first-order chi connectivity index (χ1) is 9.04. The molecular formula is C13H20N2O3S. The van der Waals surface area contributed by atoms with E-state index in [0.29, 0.717) is 0 Å². The predicted octanol–water partition coefficient (Wildman–Crippen LogP) is 2.61. The van der Waals surface area contributed by atoms with Crippen molar-refractivity contribution < 1.29 is 14.7 Å². The number of amides is 2. The first-order valence-corrected chi connectivity index (χ1v) is 7.23. The van der Waals surface area contributed by atoms with Crippen LogP contribution in [-0.2, 0) is 4.79 Å². The van der Waals surface area contributed by atoms with Crippen molar-refractivity contribution in [3.63, 3.8) is 0 Å². The molecule has 0 fully saturated rings. The minimum Gasteiger partial charge on any atom is -0.481 e. The van der Waals surface area contributed by atoms with Crippen LogP contribution in [0.2, 0.25) is 0 Å². The zero-order valence-electron chi connectivity index (χ0n) is 11.2. The predicted molar refractivity (Wildman–Crippen MR) is 75.3 cm³/mol. The molecule has 2 atom stereocenters. The van der Waals surface area contributed by atoms with E-state index in [0.717, 1.165) is 17.7 Å². The van der Waals surface area contributed by atoms with Crippen molar-refractivity contribution in [1.82, 2.24) is 10.6 Å². The van der Waals surface area contributed by atoms with Gasteiger partial charge in [0.2, 0.25) is 0 Å². The van der Waals surface area contributed by atoms with Crippen molar-refractivity contribution in [2.75, 3.05) is 6.54 Å². The average Bonchev–Trinajstić information content (AvgIpc) is 2.89. The Morgan fingerprint density at radius 1 is 1.47 bits per heavy atom. The first-order valence-electron chi connectivity index (χ1n) is 6.35. The molecule has 1 aromatic rings. The summed E-state index contributed by atoms with van der Waals surface area (Å²) in [6.07, 6.45) is 1.83. The highest BCUT2D eigenvalue weighted by Crippen LogP contribution is 2.22. The molecule has 19 heavy (non-hydrogen) atoms. The molecule has 2 unspecified atom stereocenters. The number of urea groups is 1. The standard InChI is InChI=1S/C13H20N2O3S/c1-3-5-10(11-6-4-7-19-11)15-13(18)14-8-9(2)12(16)17/h4,6-7,9-10H,3,5,8H2,1-2H3,(H,16,17)(H2,14,15,18). The smallest absolute Gasteiger partial charge is 0.315 e. The van der Waals surface area contributed by atoms with Gasteiger partial charge in [-0.1, -0.05) is 26.3 Å². The third-order valence-electron chi connectivity index (χ3n) is 2.76. The van der Waals surface area contributed by atoms with Crippen LogP contribution in [0.5, 0.6) is 0 Å². The molecule has 106 valence electrons. The Morgan fingerprint density at radius 3 is 2.74 bits per heavy atom. The maximum Gasteiger partial charge on any atom is 0.315 e. The van der Waals surface area contributed by atoms with Crippen LogP contribution in [0.4, 0.5) is 4.79 Å². The molecule has 0 aliphatic rings.